The Morgan fingerprint density at radius 3 is 2.59 bits per heavy atom. The van der Waals surface area contributed by atoms with Crippen molar-refractivity contribution in [2.75, 3.05) is 18.0 Å². The summed E-state index contributed by atoms with van der Waals surface area (Å²) in [4.78, 5) is 33.5. The second-order valence-corrected chi connectivity index (χ2v) is 9.33. The molecule has 9 nitrogen and oxygen atoms in total. The van der Waals surface area contributed by atoms with Crippen LogP contribution in [0.15, 0.2) is 30.6 Å². The van der Waals surface area contributed by atoms with Crippen molar-refractivity contribution >= 4 is 22.9 Å². The second kappa shape index (κ2) is 7.48. The first-order valence-electron chi connectivity index (χ1n) is 10.8. The van der Waals surface area contributed by atoms with Gasteiger partial charge in [-0.05, 0) is 51.8 Å². The molecule has 2 saturated heterocycles. The number of fused-ring (bicyclic) bond motifs is 3. The van der Waals surface area contributed by atoms with E-state index < -0.39 is 5.60 Å². The number of aromatic amines is 1. The van der Waals surface area contributed by atoms with Crippen molar-refractivity contribution in [1.82, 2.24) is 24.8 Å². The van der Waals surface area contributed by atoms with Gasteiger partial charge in [-0.3, -0.25) is 4.90 Å². The van der Waals surface area contributed by atoms with Crippen LogP contribution >= 0.6 is 0 Å². The number of piperazine rings is 1. The molecule has 0 radical (unpaired) electrons. The minimum Gasteiger partial charge on any atom is -0.444 e. The zero-order chi connectivity index (χ0) is 22.5. The van der Waals surface area contributed by atoms with Crippen LogP contribution in [0, 0.1) is 11.3 Å². The summed E-state index contributed by atoms with van der Waals surface area (Å²) in [6.07, 6.45) is 5.08. The highest BCUT2D eigenvalue weighted by molar-refractivity contribution is 5.88. The number of nitriles is 1. The van der Waals surface area contributed by atoms with Crippen LogP contribution in [0.4, 0.5) is 10.5 Å². The van der Waals surface area contributed by atoms with E-state index >= 15 is 0 Å². The Kier molecular flexibility index (Phi) is 4.73. The van der Waals surface area contributed by atoms with Gasteiger partial charge < -0.3 is 14.6 Å². The molecule has 2 aliphatic heterocycles. The molecule has 32 heavy (non-hydrogen) atoms. The van der Waals surface area contributed by atoms with E-state index in [0.717, 1.165) is 42.7 Å². The zero-order valence-electron chi connectivity index (χ0n) is 18.4. The van der Waals surface area contributed by atoms with Gasteiger partial charge in [0.1, 0.15) is 28.7 Å². The average Bonchev–Trinajstić information content (AvgIpc) is 3.31. The molecule has 9 heteroatoms. The van der Waals surface area contributed by atoms with Gasteiger partial charge in [-0.2, -0.15) is 5.26 Å². The first-order chi connectivity index (χ1) is 15.3. The van der Waals surface area contributed by atoms with Gasteiger partial charge in [0.05, 0.1) is 17.8 Å². The molecular formula is C23H25N7O2. The lowest BCUT2D eigenvalue weighted by Crippen LogP contribution is -2.56. The lowest BCUT2D eigenvalue weighted by molar-refractivity contribution is 0.0123. The Balaban J connectivity index is 1.43. The van der Waals surface area contributed by atoms with E-state index in [1.165, 1.54) is 0 Å². The van der Waals surface area contributed by atoms with Crippen molar-refractivity contribution in [2.45, 2.75) is 51.3 Å². The monoisotopic (exact) mass is 431 g/mol. The second-order valence-electron chi connectivity index (χ2n) is 9.33. The SMILES string of the molecule is CC(C)(C)OC(=O)N1C2CCC1CN(c1ccnc3[nH]c(-c4ccnc(C#N)c4)nc13)C2. The first-order valence-corrected chi connectivity index (χ1v) is 10.8. The molecular weight excluding hydrogens is 406 g/mol. The summed E-state index contributed by atoms with van der Waals surface area (Å²) >= 11 is 0. The third-order valence-electron chi connectivity index (χ3n) is 5.94. The van der Waals surface area contributed by atoms with Crippen LogP contribution in [0.3, 0.4) is 0 Å². The summed E-state index contributed by atoms with van der Waals surface area (Å²) < 4.78 is 5.65. The number of carbonyl (C=O) groups is 1. The number of rotatable bonds is 2. The molecule has 0 saturated carbocycles. The molecule has 1 amide bonds. The number of amides is 1. The van der Waals surface area contributed by atoms with Crippen molar-refractivity contribution in [3.8, 4) is 17.5 Å². The highest BCUT2D eigenvalue weighted by atomic mass is 16.6. The van der Waals surface area contributed by atoms with Crippen LogP contribution in [0.5, 0.6) is 0 Å². The molecule has 2 bridgehead atoms. The topological polar surface area (TPSA) is 111 Å². The van der Waals surface area contributed by atoms with Gasteiger partial charge in [-0.25, -0.2) is 19.7 Å². The minimum atomic E-state index is -0.505. The number of nitrogens with zero attached hydrogens (tertiary/aromatic N) is 6. The quantitative estimate of drug-likeness (QED) is 0.661. The van der Waals surface area contributed by atoms with Crippen molar-refractivity contribution in [3.05, 3.63) is 36.3 Å². The highest BCUT2D eigenvalue weighted by Crippen LogP contribution is 2.36. The molecule has 0 aromatic carbocycles. The number of imidazole rings is 1. The Morgan fingerprint density at radius 1 is 1.19 bits per heavy atom. The Labute approximate surface area is 186 Å². The van der Waals surface area contributed by atoms with E-state index in [1.54, 1.807) is 18.5 Å². The van der Waals surface area contributed by atoms with Crippen LogP contribution in [0.25, 0.3) is 22.6 Å². The third kappa shape index (κ3) is 3.62. The summed E-state index contributed by atoms with van der Waals surface area (Å²) in [7, 11) is 0. The van der Waals surface area contributed by atoms with Crippen LogP contribution in [-0.2, 0) is 4.74 Å². The molecule has 2 fully saturated rings. The van der Waals surface area contributed by atoms with E-state index in [0.29, 0.717) is 17.2 Å². The molecule has 3 aromatic heterocycles. The van der Waals surface area contributed by atoms with Gasteiger partial charge in [0, 0.05) is 31.0 Å². The predicted octanol–water partition coefficient (Wildman–Crippen LogP) is 3.48. The first kappa shape index (κ1) is 20.2. The molecule has 0 aliphatic carbocycles. The summed E-state index contributed by atoms with van der Waals surface area (Å²) in [5.74, 6) is 0.647. The summed E-state index contributed by atoms with van der Waals surface area (Å²) in [5, 5.41) is 9.14. The molecule has 164 valence electrons. The lowest BCUT2D eigenvalue weighted by Gasteiger charge is -2.42. The molecule has 2 aliphatic rings. The van der Waals surface area contributed by atoms with Crippen molar-refractivity contribution in [3.63, 3.8) is 0 Å². The number of nitrogens with one attached hydrogen (secondary N) is 1. The van der Waals surface area contributed by atoms with Crippen LogP contribution in [-0.4, -0.2) is 61.7 Å². The number of aromatic nitrogens is 4. The Bertz CT molecular complexity index is 1210. The molecule has 2 atom stereocenters. The van der Waals surface area contributed by atoms with Crippen LogP contribution in [0.1, 0.15) is 39.3 Å². The Morgan fingerprint density at radius 2 is 1.91 bits per heavy atom. The van der Waals surface area contributed by atoms with E-state index in [9.17, 15) is 4.79 Å². The van der Waals surface area contributed by atoms with Gasteiger partial charge >= 0.3 is 6.09 Å². The van der Waals surface area contributed by atoms with Crippen molar-refractivity contribution < 1.29 is 9.53 Å². The van der Waals surface area contributed by atoms with Crippen LogP contribution in [0.2, 0.25) is 0 Å². The predicted molar refractivity (Wildman–Crippen MR) is 119 cm³/mol. The van der Waals surface area contributed by atoms with Gasteiger partial charge in [0.15, 0.2) is 5.65 Å². The third-order valence-corrected chi connectivity index (χ3v) is 5.94. The molecule has 5 heterocycles. The highest BCUT2D eigenvalue weighted by Gasteiger charge is 2.44. The smallest absolute Gasteiger partial charge is 0.410 e. The van der Waals surface area contributed by atoms with Crippen LogP contribution < -0.4 is 4.90 Å². The normalized spacial score (nSPS) is 20.4. The number of carbonyl (C=O) groups excluding carboxylic acids is 1. The van der Waals surface area contributed by atoms with E-state index in [4.69, 9.17) is 15.0 Å². The molecule has 5 rings (SSSR count). The number of pyridine rings is 2. The molecule has 0 spiro atoms. The zero-order valence-corrected chi connectivity index (χ0v) is 18.4. The fourth-order valence-corrected chi connectivity index (χ4v) is 4.64. The summed E-state index contributed by atoms with van der Waals surface area (Å²) in [6.45, 7) is 7.15. The maximum atomic E-state index is 12.8. The van der Waals surface area contributed by atoms with Crippen molar-refractivity contribution in [2.24, 2.45) is 0 Å². The lowest BCUT2D eigenvalue weighted by atomic mass is 10.1. The van der Waals surface area contributed by atoms with Crippen molar-refractivity contribution in [1.29, 1.82) is 5.26 Å². The number of H-pyrrole nitrogens is 1. The maximum Gasteiger partial charge on any atom is 0.410 e. The number of anilines is 1. The minimum absolute atomic E-state index is 0.114. The fourth-order valence-electron chi connectivity index (χ4n) is 4.64. The molecule has 3 aromatic rings. The average molecular weight is 432 g/mol. The molecule has 1 N–H and O–H groups in total. The summed E-state index contributed by atoms with van der Waals surface area (Å²) in [6, 6.07) is 7.79. The summed E-state index contributed by atoms with van der Waals surface area (Å²) in [5.41, 5.74) is 3.08. The van der Waals surface area contributed by atoms with Gasteiger partial charge in [-0.15, -0.1) is 0 Å². The standard InChI is InChI=1S/C23H25N7O2/c1-23(2,3)32-22(31)30-16-4-5-17(30)13-29(12-16)18-7-9-26-21-19(18)27-20(28-21)14-6-8-25-15(10-14)11-24/h6-10,16-17H,4-5,12-13H2,1-3H3,(H,26,27,28). The van der Waals surface area contributed by atoms with E-state index in [-0.39, 0.29) is 18.2 Å². The maximum absolute atomic E-state index is 12.8. The fraction of sp³-hybridized carbons (Fsp3) is 0.435. The van der Waals surface area contributed by atoms with Gasteiger partial charge in [-0.1, -0.05) is 0 Å². The number of hydrogen-bond acceptors (Lipinski definition) is 7. The van der Waals surface area contributed by atoms with E-state index in [1.807, 2.05) is 37.8 Å². The number of ether oxygens (including phenoxy) is 1. The largest absolute Gasteiger partial charge is 0.444 e. The molecule has 2 unspecified atom stereocenters. The van der Waals surface area contributed by atoms with Gasteiger partial charge in [0.25, 0.3) is 0 Å². The van der Waals surface area contributed by atoms with Gasteiger partial charge in [0.2, 0.25) is 0 Å². The Hall–Kier alpha value is -3.67. The number of hydrogen-bond donors (Lipinski definition) is 1. The van der Waals surface area contributed by atoms with E-state index in [2.05, 4.69) is 25.9 Å².